The van der Waals surface area contributed by atoms with Crippen molar-refractivity contribution in [3.05, 3.63) is 42.0 Å². The maximum atomic E-state index is 9.19. The van der Waals surface area contributed by atoms with E-state index in [0.717, 1.165) is 11.3 Å². The molecule has 2 aromatic carbocycles. The Hall–Kier alpha value is -3.00. The summed E-state index contributed by atoms with van der Waals surface area (Å²) in [7, 11) is 3.16. The molecule has 0 spiro atoms. The highest BCUT2D eigenvalue weighted by Gasteiger charge is 2.13. The largest absolute Gasteiger partial charge is 0.497 e. The second kappa shape index (κ2) is 5.17. The number of nitrogens with zero attached hydrogens (tertiary/aromatic N) is 2. The monoisotopic (exact) mass is 280 g/mol. The first-order chi connectivity index (χ1) is 10.2. The Morgan fingerprint density at radius 1 is 1.05 bits per heavy atom. The Labute approximate surface area is 121 Å². The number of benzene rings is 2. The van der Waals surface area contributed by atoms with Crippen LogP contribution in [0.5, 0.6) is 11.5 Å². The number of ether oxygens (including phenoxy) is 2. The molecule has 3 aromatic rings. The van der Waals surface area contributed by atoms with E-state index in [1.807, 2.05) is 24.3 Å². The maximum absolute atomic E-state index is 9.19. The van der Waals surface area contributed by atoms with Gasteiger partial charge in [-0.1, -0.05) is 0 Å². The van der Waals surface area contributed by atoms with Crippen molar-refractivity contribution in [1.82, 2.24) is 4.98 Å². The van der Waals surface area contributed by atoms with Crippen LogP contribution in [-0.2, 0) is 0 Å². The minimum absolute atomic E-state index is 0.400. The molecular weight excluding hydrogens is 268 g/mol. The molecule has 5 heteroatoms. The van der Waals surface area contributed by atoms with Crippen molar-refractivity contribution < 1.29 is 13.9 Å². The second-order valence-electron chi connectivity index (χ2n) is 4.38. The van der Waals surface area contributed by atoms with Crippen LogP contribution in [0, 0.1) is 11.3 Å². The second-order valence-corrected chi connectivity index (χ2v) is 4.38. The molecule has 21 heavy (non-hydrogen) atoms. The van der Waals surface area contributed by atoms with Crippen molar-refractivity contribution in [1.29, 1.82) is 5.26 Å². The van der Waals surface area contributed by atoms with Crippen LogP contribution in [0.1, 0.15) is 5.56 Å². The van der Waals surface area contributed by atoms with Crippen LogP contribution in [-0.4, -0.2) is 19.2 Å². The van der Waals surface area contributed by atoms with E-state index in [2.05, 4.69) is 11.1 Å². The van der Waals surface area contributed by atoms with Crippen molar-refractivity contribution in [2.45, 2.75) is 0 Å². The van der Waals surface area contributed by atoms with Gasteiger partial charge in [0, 0.05) is 17.7 Å². The van der Waals surface area contributed by atoms with Crippen LogP contribution in [0.25, 0.3) is 22.6 Å². The smallest absolute Gasteiger partial charge is 0.227 e. The van der Waals surface area contributed by atoms with Crippen molar-refractivity contribution in [2.24, 2.45) is 0 Å². The normalized spacial score (nSPS) is 10.3. The summed E-state index contributed by atoms with van der Waals surface area (Å²) in [5.41, 5.74) is 2.27. The van der Waals surface area contributed by atoms with Gasteiger partial charge >= 0.3 is 0 Å². The van der Waals surface area contributed by atoms with Crippen LogP contribution >= 0.6 is 0 Å². The standard InChI is InChI=1S/C16H12N2O3/c1-19-12-5-3-10(4-6-12)16-18-14-8-13(20-2)7-11(9-17)15(14)21-16/h3-8H,1-2H3. The molecule has 0 unspecified atom stereocenters. The number of rotatable bonds is 3. The Morgan fingerprint density at radius 3 is 2.38 bits per heavy atom. The molecule has 5 nitrogen and oxygen atoms in total. The minimum Gasteiger partial charge on any atom is -0.497 e. The third kappa shape index (κ3) is 2.28. The number of fused-ring (bicyclic) bond motifs is 1. The summed E-state index contributed by atoms with van der Waals surface area (Å²) >= 11 is 0. The lowest BCUT2D eigenvalue weighted by Crippen LogP contribution is -1.85. The first kappa shape index (κ1) is 13.0. The van der Waals surface area contributed by atoms with Crippen LogP contribution < -0.4 is 9.47 Å². The van der Waals surface area contributed by atoms with E-state index in [4.69, 9.17) is 13.9 Å². The molecule has 0 aliphatic heterocycles. The fourth-order valence-electron chi connectivity index (χ4n) is 2.06. The summed E-state index contributed by atoms with van der Waals surface area (Å²) < 4.78 is 16.0. The van der Waals surface area contributed by atoms with E-state index < -0.39 is 0 Å². The van der Waals surface area contributed by atoms with Crippen molar-refractivity contribution >= 4 is 11.1 Å². The average Bonchev–Trinajstić information content (AvgIpc) is 2.97. The highest BCUT2D eigenvalue weighted by atomic mass is 16.5. The molecule has 0 aliphatic rings. The lowest BCUT2D eigenvalue weighted by molar-refractivity contribution is 0.414. The van der Waals surface area contributed by atoms with Crippen molar-refractivity contribution in [2.75, 3.05) is 14.2 Å². The average molecular weight is 280 g/mol. The molecule has 0 bridgehead atoms. The molecule has 1 aromatic heterocycles. The Kier molecular flexibility index (Phi) is 3.20. The van der Waals surface area contributed by atoms with Crippen molar-refractivity contribution in [3.8, 4) is 29.0 Å². The summed E-state index contributed by atoms with van der Waals surface area (Å²) in [5.74, 6) is 1.79. The van der Waals surface area contributed by atoms with Gasteiger partial charge in [-0.05, 0) is 24.3 Å². The fraction of sp³-hybridized carbons (Fsp3) is 0.125. The van der Waals surface area contributed by atoms with Gasteiger partial charge in [-0.3, -0.25) is 0 Å². The summed E-state index contributed by atoms with van der Waals surface area (Å²) in [6.45, 7) is 0. The van der Waals surface area contributed by atoms with Crippen LogP contribution in [0.15, 0.2) is 40.8 Å². The molecule has 0 fully saturated rings. The number of hydrogen-bond acceptors (Lipinski definition) is 5. The van der Waals surface area contributed by atoms with Gasteiger partial charge in [-0.25, -0.2) is 4.98 Å². The third-order valence-electron chi connectivity index (χ3n) is 3.16. The molecule has 0 saturated carbocycles. The van der Waals surface area contributed by atoms with E-state index in [1.165, 1.54) is 0 Å². The quantitative estimate of drug-likeness (QED) is 0.735. The zero-order valence-corrected chi connectivity index (χ0v) is 11.6. The maximum Gasteiger partial charge on any atom is 0.227 e. The molecule has 0 aliphatic carbocycles. The predicted molar refractivity (Wildman–Crippen MR) is 77.3 cm³/mol. The zero-order chi connectivity index (χ0) is 14.8. The van der Waals surface area contributed by atoms with Gasteiger partial charge in [0.05, 0.1) is 14.2 Å². The van der Waals surface area contributed by atoms with Gasteiger partial charge in [0.25, 0.3) is 0 Å². The van der Waals surface area contributed by atoms with Crippen LogP contribution in [0.4, 0.5) is 0 Å². The first-order valence-corrected chi connectivity index (χ1v) is 6.28. The van der Waals surface area contributed by atoms with E-state index >= 15 is 0 Å². The van der Waals surface area contributed by atoms with Crippen LogP contribution in [0.2, 0.25) is 0 Å². The van der Waals surface area contributed by atoms with Gasteiger partial charge in [0.1, 0.15) is 28.6 Å². The van der Waals surface area contributed by atoms with Crippen molar-refractivity contribution in [3.63, 3.8) is 0 Å². The van der Waals surface area contributed by atoms with E-state index in [0.29, 0.717) is 28.3 Å². The number of hydrogen-bond donors (Lipinski definition) is 0. The lowest BCUT2D eigenvalue weighted by atomic mass is 10.2. The molecule has 0 saturated heterocycles. The third-order valence-corrected chi connectivity index (χ3v) is 3.16. The summed E-state index contributed by atoms with van der Waals surface area (Å²) in [6.07, 6.45) is 0. The fourth-order valence-corrected chi connectivity index (χ4v) is 2.06. The van der Waals surface area contributed by atoms with E-state index in [-0.39, 0.29) is 0 Å². The first-order valence-electron chi connectivity index (χ1n) is 6.28. The number of methoxy groups -OCH3 is 2. The topological polar surface area (TPSA) is 68.3 Å². The minimum atomic E-state index is 0.400. The zero-order valence-electron chi connectivity index (χ0n) is 11.6. The summed E-state index contributed by atoms with van der Waals surface area (Å²) in [4.78, 5) is 4.42. The molecule has 0 N–H and O–H groups in total. The SMILES string of the molecule is COc1ccc(-c2nc3cc(OC)cc(C#N)c3o2)cc1. The Bertz CT molecular complexity index is 829. The summed E-state index contributed by atoms with van der Waals surface area (Å²) in [6, 6.07) is 12.8. The van der Waals surface area contributed by atoms with Gasteiger partial charge in [-0.2, -0.15) is 5.26 Å². The van der Waals surface area contributed by atoms with Gasteiger partial charge in [0.2, 0.25) is 5.89 Å². The molecule has 0 radical (unpaired) electrons. The molecular formula is C16H12N2O3. The highest BCUT2D eigenvalue weighted by molar-refractivity contribution is 5.83. The predicted octanol–water partition coefficient (Wildman–Crippen LogP) is 3.38. The molecule has 3 rings (SSSR count). The van der Waals surface area contributed by atoms with Gasteiger partial charge < -0.3 is 13.9 Å². The van der Waals surface area contributed by atoms with Gasteiger partial charge in [0.15, 0.2) is 5.58 Å². The van der Waals surface area contributed by atoms with E-state index in [1.54, 1.807) is 26.4 Å². The number of nitriles is 1. The summed E-state index contributed by atoms with van der Waals surface area (Å²) in [5, 5.41) is 9.19. The molecule has 0 amide bonds. The van der Waals surface area contributed by atoms with Crippen LogP contribution in [0.3, 0.4) is 0 Å². The molecule has 104 valence electrons. The Balaban J connectivity index is 2.14. The molecule has 0 atom stereocenters. The Morgan fingerprint density at radius 2 is 1.76 bits per heavy atom. The van der Waals surface area contributed by atoms with E-state index in [9.17, 15) is 5.26 Å². The molecule has 1 heterocycles. The number of oxazole rings is 1. The highest BCUT2D eigenvalue weighted by Crippen LogP contribution is 2.30. The lowest BCUT2D eigenvalue weighted by Gasteiger charge is -1.99. The van der Waals surface area contributed by atoms with Gasteiger partial charge in [-0.15, -0.1) is 0 Å². The number of aromatic nitrogens is 1.